The van der Waals surface area contributed by atoms with Crippen LogP contribution in [0.1, 0.15) is 0 Å². The van der Waals surface area contributed by atoms with Crippen molar-refractivity contribution >= 4 is 5.88 Å². The van der Waals surface area contributed by atoms with Gasteiger partial charge in [-0.25, -0.2) is 0 Å². The van der Waals surface area contributed by atoms with Crippen molar-refractivity contribution in [3.8, 4) is 28.1 Å². The van der Waals surface area contributed by atoms with Gasteiger partial charge in [0.25, 0.3) is 0 Å². The van der Waals surface area contributed by atoms with Crippen LogP contribution in [0.25, 0.3) is 22.4 Å². The molecule has 19 heavy (non-hydrogen) atoms. The average molecular weight is 256 g/mol. The first-order valence-corrected chi connectivity index (χ1v) is 5.72. The van der Waals surface area contributed by atoms with Crippen LogP contribution in [0, 0.1) is 0 Å². The number of benzene rings is 1. The van der Waals surface area contributed by atoms with Crippen molar-refractivity contribution < 1.29 is 13.7 Å². The van der Waals surface area contributed by atoms with Crippen molar-refractivity contribution in [2.75, 3.05) is 12.8 Å². The van der Waals surface area contributed by atoms with E-state index in [1.54, 1.807) is 25.7 Å². The highest BCUT2D eigenvalue weighted by Crippen LogP contribution is 2.40. The summed E-state index contributed by atoms with van der Waals surface area (Å²) in [5, 5.41) is 3.99. The molecule has 5 nitrogen and oxygen atoms in total. The van der Waals surface area contributed by atoms with Gasteiger partial charge in [-0.15, -0.1) is 0 Å². The number of nitrogens with two attached hydrogens (primary N) is 1. The maximum Gasteiger partial charge on any atom is 0.230 e. The quantitative estimate of drug-likeness (QED) is 0.778. The van der Waals surface area contributed by atoms with Gasteiger partial charge in [-0.2, -0.15) is 0 Å². The first kappa shape index (κ1) is 11.4. The molecule has 0 unspecified atom stereocenters. The normalized spacial score (nSPS) is 10.6. The minimum atomic E-state index is 0.251. The molecular weight excluding hydrogens is 244 g/mol. The number of ether oxygens (including phenoxy) is 1. The second-order valence-corrected chi connectivity index (χ2v) is 3.98. The van der Waals surface area contributed by atoms with Gasteiger partial charge in [0.2, 0.25) is 5.88 Å². The summed E-state index contributed by atoms with van der Waals surface area (Å²) in [4.78, 5) is 0. The highest BCUT2D eigenvalue weighted by molar-refractivity contribution is 5.89. The number of nitrogens with zero attached hydrogens (tertiary/aromatic N) is 1. The van der Waals surface area contributed by atoms with Crippen LogP contribution >= 0.6 is 0 Å². The number of nitrogen functional groups attached to an aromatic ring is 1. The maximum atomic E-state index is 5.89. The third kappa shape index (κ3) is 1.85. The molecule has 0 saturated carbocycles. The summed E-state index contributed by atoms with van der Waals surface area (Å²) in [6.45, 7) is 0. The fourth-order valence-corrected chi connectivity index (χ4v) is 2.01. The molecule has 0 fully saturated rings. The molecule has 0 bridgehead atoms. The van der Waals surface area contributed by atoms with Crippen molar-refractivity contribution in [3.63, 3.8) is 0 Å². The zero-order valence-corrected chi connectivity index (χ0v) is 10.3. The molecule has 0 aliphatic carbocycles. The molecule has 2 N–H and O–H groups in total. The summed E-state index contributed by atoms with van der Waals surface area (Å²) < 4.78 is 15.5. The molecule has 3 aromatic rings. The second kappa shape index (κ2) is 4.53. The van der Waals surface area contributed by atoms with Gasteiger partial charge in [0.1, 0.15) is 11.4 Å². The van der Waals surface area contributed by atoms with Crippen molar-refractivity contribution in [2.24, 2.45) is 0 Å². The van der Waals surface area contributed by atoms with Crippen LogP contribution in [0.5, 0.6) is 5.75 Å². The first-order chi connectivity index (χ1) is 9.31. The molecule has 3 rings (SSSR count). The predicted octanol–water partition coefficient (Wildman–Crippen LogP) is 3.19. The number of aromatic nitrogens is 1. The van der Waals surface area contributed by atoms with Crippen LogP contribution in [0.4, 0.5) is 5.88 Å². The van der Waals surface area contributed by atoms with E-state index >= 15 is 0 Å². The summed E-state index contributed by atoms with van der Waals surface area (Å²) in [5.74, 6) is 0.961. The summed E-state index contributed by atoms with van der Waals surface area (Å²) in [6, 6.07) is 9.37. The molecule has 5 heteroatoms. The van der Waals surface area contributed by atoms with E-state index in [1.165, 1.54) is 0 Å². The zero-order valence-electron chi connectivity index (χ0n) is 10.3. The van der Waals surface area contributed by atoms with Crippen LogP contribution in [-0.4, -0.2) is 12.3 Å². The van der Waals surface area contributed by atoms with E-state index in [0.717, 1.165) is 11.1 Å². The van der Waals surface area contributed by atoms with Gasteiger partial charge in [0, 0.05) is 11.1 Å². The van der Waals surface area contributed by atoms with Gasteiger partial charge in [-0.1, -0.05) is 23.4 Å². The minimum Gasteiger partial charge on any atom is -0.496 e. The van der Waals surface area contributed by atoms with Gasteiger partial charge in [-0.3, -0.25) is 0 Å². The number of furan rings is 1. The monoisotopic (exact) mass is 256 g/mol. The lowest BCUT2D eigenvalue weighted by molar-refractivity contribution is 0.416. The highest BCUT2D eigenvalue weighted by atomic mass is 16.5. The number of anilines is 1. The van der Waals surface area contributed by atoms with Gasteiger partial charge in [-0.05, 0) is 12.1 Å². The van der Waals surface area contributed by atoms with Crippen molar-refractivity contribution in [1.82, 2.24) is 5.16 Å². The molecule has 2 aromatic heterocycles. The van der Waals surface area contributed by atoms with Crippen LogP contribution in [0.3, 0.4) is 0 Å². The van der Waals surface area contributed by atoms with E-state index in [2.05, 4.69) is 5.16 Å². The second-order valence-electron chi connectivity index (χ2n) is 3.98. The van der Waals surface area contributed by atoms with Gasteiger partial charge < -0.3 is 19.4 Å². The van der Waals surface area contributed by atoms with E-state index in [9.17, 15) is 0 Å². The number of rotatable bonds is 3. The Morgan fingerprint density at radius 2 is 2.05 bits per heavy atom. The topological polar surface area (TPSA) is 74.4 Å². The van der Waals surface area contributed by atoms with Crippen molar-refractivity contribution in [1.29, 1.82) is 0 Å². The molecule has 0 atom stereocenters. The molecule has 0 saturated heterocycles. The molecule has 0 radical (unpaired) electrons. The number of methoxy groups -OCH3 is 1. The molecule has 0 amide bonds. The highest BCUT2D eigenvalue weighted by Gasteiger charge is 2.20. The third-order valence-corrected chi connectivity index (χ3v) is 2.89. The zero-order chi connectivity index (χ0) is 13.2. The standard InChI is InChI=1S/C14H12N2O3/c1-17-11-5-3-2-4-10(11)12-13(16-19-14(12)15)9-6-7-18-8-9/h2-8H,15H2,1H3. The van der Waals surface area contributed by atoms with Gasteiger partial charge in [0.05, 0.1) is 25.2 Å². The third-order valence-electron chi connectivity index (χ3n) is 2.89. The Morgan fingerprint density at radius 3 is 2.79 bits per heavy atom. The molecule has 1 aromatic carbocycles. The van der Waals surface area contributed by atoms with E-state index in [1.807, 2.05) is 24.3 Å². The Balaban J connectivity index is 2.23. The lowest BCUT2D eigenvalue weighted by atomic mass is 10.0. The first-order valence-electron chi connectivity index (χ1n) is 5.72. The Hall–Kier alpha value is -2.69. The predicted molar refractivity (Wildman–Crippen MR) is 70.6 cm³/mol. The summed E-state index contributed by atoms with van der Waals surface area (Å²) in [6.07, 6.45) is 3.17. The largest absolute Gasteiger partial charge is 0.496 e. The molecule has 0 aliphatic rings. The molecule has 0 aliphatic heterocycles. The number of hydrogen-bond acceptors (Lipinski definition) is 5. The van der Waals surface area contributed by atoms with Crippen molar-refractivity contribution in [2.45, 2.75) is 0 Å². The average Bonchev–Trinajstić information content (AvgIpc) is 3.07. The van der Waals surface area contributed by atoms with E-state index in [0.29, 0.717) is 17.0 Å². The number of hydrogen-bond donors (Lipinski definition) is 1. The Bertz CT molecular complexity index is 687. The van der Waals surface area contributed by atoms with Gasteiger partial charge >= 0.3 is 0 Å². The van der Waals surface area contributed by atoms with Crippen LogP contribution < -0.4 is 10.5 Å². The van der Waals surface area contributed by atoms with Crippen molar-refractivity contribution in [3.05, 3.63) is 42.9 Å². The van der Waals surface area contributed by atoms with Gasteiger partial charge in [0.15, 0.2) is 0 Å². The van der Waals surface area contributed by atoms with E-state index in [-0.39, 0.29) is 5.88 Å². The van der Waals surface area contributed by atoms with Crippen LogP contribution in [0.2, 0.25) is 0 Å². The minimum absolute atomic E-state index is 0.251. The van der Waals surface area contributed by atoms with E-state index in [4.69, 9.17) is 19.4 Å². The summed E-state index contributed by atoms with van der Waals surface area (Å²) >= 11 is 0. The van der Waals surface area contributed by atoms with Crippen LogP contribution in [0.15, 0.2) is 51.8 Å². The Labute approximate surface area is 109 Å². The molecule has 96 valence electrons. The summed E-state index contributed by atoms with van der Waals surface area (Å²) in [5.41, 5.74) is 8.87. The summed E-state index contributed by atoms with van der Waals surface area (Å²) in [7, 11) is 1.61. The molecule has 2 heterocycles. The molecule has 0 spiro atoms. The molecular formula is C14H12N2O3. The smallest absolute Gasteiger partial charge is 0.230 e. The lowest BCUT2D eigenvalue weighted by Gasteiger charge is -2.07. The van der Waals surface area contributed by atoms with Crippen LogP contribution in [-0.2, 0) is 0 Å². The lowest BCUT2D eigenvalue weighted by Crippen LogP contribution is -1.91. The Morgan fingerprint density at radius 1 is 1.21 bits per heavy atom. The maximum absolute atomic E-state index is 5.89. The SMILES string of the molecule is COc1ccccc1-c1c(-c2ccoc2)noc1N. The fraction of sp³-hybridized carbons (Fsp3) is 0.0714. The Kier molecular flexibility index (Phi) is 2.72. The van der Waals surface area contributed by atoms with E-state index < -0.39 is 0 Å². The fourth-order valence-electron chi connectivity index (χ4n) is 2.01. The number of para-hydroxylation sites is 1.